The molecule has 2 aromatic heterocycles. The van der Waals surface area contributed by atoms with Gasteiger partial charge >= 0.3 is 0 Å². The van der Waals surface area contributed by atoms with E-state index in [1.165, 1.54) is 6.92 Å². The van der Waals surface area contributed by atoms with E-state index in [-0.39, 0.29) is 16.9 Å². The second-order valence-corrected chi connectivity index (χ2v) is 5.63. The van der Waals surface area contributed by atoms with Crippen LogP contribution >= 0.6 is 0 Å². The molecule has 0 bridgehead atoms. The highest BCUT2D eigenvalue weighted by atomic mass is 19.1. The van der Waals surface area contributed by atoms with Crippen LogP contribution in [0, 0.1) is 31.0 Å². The Balaban J connectivity index is 1.87. The van der Waals surface area contributed by atoms with Gasteiger partial charge in [0.25, 0.3) is 5.91 Å². The van der Waals surface area contributed by atoms with E-state index in [2.05, 4.69) is 20.5 Å². The summed E-state index contributed by atoms with van der Waals surface area (Å²) in [5.74, 6) is -2.65. The SMILES string of the molecule is Cc1ncc(F)c(C)c1NC(=O)/C(F)=C/c1ccc2c(C#N)n[nH]c2c1. The van der Waals surface area contributed by atoms with Crippen molar-refractivity contribution in [1.29, 1.82) is 5.26 Å². The van der Waals surface area contributed by atoms with Crippen LogP contribution in [0.1, 0.15) is 22.5 Å². The Bertz CT molecular complexity index is 1090. The fraction of sp³-hybridized carbons (Fsp3) is 0.111. The number of carbonyl (C=O) groups excluding carboxylic acids is 1. The van der Waals surface area contributed by atoms with Crippen molar-refractivity contribution in [3.8, 4) is 6.07 Å². The molecule has 26 heavy (non-hydrogen) atoms. The molecule has 0 spiro atoms. The number of aryl methyl sites for hydroxylation is 1. The third-order valence-corrected chi connectivity index (χ3v) is 3.91. The van der Waals surface area contributed by atoms with Crippen LogP contribution in [0.4, 0.5) is 14.5 Å². The molecule has 3 rings (SSSR count). The molecule has 130 valence electrons. The highest BCUT2D eigenvalue weighted by molar-refractivity contribution is 6.05. The minimum atomic E-state index is -1.05. The van der Waals surface area contributed by atoms with Gasteiger partial charge < -0.3 is 5.32 Å². The van der Waals surface area contributed by atoms with Crippen molar-refractivity contribution >= 4 is 28.6 Å². The molecule has 1 amide bonds. The first kappa shape index (κ1) is 17.2. The zero-order valence-electron chi connectivity index (χ0n) is 13.9. The van der Waals surface area contributed by atoms with Gasteiger partial charge in [-0.25, -0.2) is 8.78 Å². The van der Waals surface area contributed by atoms with Gasteiger partial charge in [-0.15, -0.1) is 0 Å². The number of halogens is 2. The minimum absolute atomic E-state index is 0.140. The lowest BCUT2D eigenvalue weighted by Gasteiger charge is -2.10. The smallest absolute Gasteiger partial charge is 0.284 e. The molecule has 0 radical (unpaired) electrons. The molecule has 0 aliphatic heterocycles. The van der Waals surface area contributed by atoms with Gasteiger partial charge in [-0.3, -0.25) is 14.9 Å². The summed E-state index contributed by atoms with van der Waals surface area (Å²) < 4.78 is 27.8. The Morgan fingerprint density at radius 2 is 2.15 bits per heavy atom. The summed E-state index contributed by atoms with van der Waals surface area (Å²) in [7, 11) is 0. The molecule has 0 atom stereocenters. The van der Waals surface area contributed by atoms with Crippen molar-refractivity contribution < 1.29 is 13.6 Å². The average Bonchev–Trinajstić information content (AvgIpc) is 3.04. The van der Waals surface area contributed by atoms with Crippen LogP contribution in [0.15, 0.2) is 30.2 Å². The lowest BCUT2D eigenvalue weighted by Crippen LogP contribution is -2.15. The number of benzene rings is 1. The Labute approximate surface area is 147 Å². The molecule has 0 unspecified atom stereocenters. The lowest BCUT2D eigenvalue weighted by molar-refractivity contribution is -0.114. The number of anilines is 1. The molecular formula is C18H13F2N5O. The second-order valence-electron chi connectivity index (χ2n) is 5.63. The van der Waals surface area contributed by atoms with Gasteiger partial charge in [-0.1, -0.05) is 6.07 Å². The second kappa shape index (κ2) is 6.72. The van der Waals surface area contributed by atoms with Crippen LogP contribution in [-0.4, -0.2) is 21.1 Å². The summed E-state index contributed by atoms with van der Waals surface area (Å²) >= 11 is 0. The van der Waals surface area contributed by atoms with Crippen LogP contribution in [-0.2, 0) is 4.79 Å². The molecular weight excluding hydrogens is 340 g/mol. The van der Waals surface area contributed by atoms with Gasteiger partial charge in [-0.05, 0) is 37.6 Å². The Kier molecular flexibility index (Phi) is 4.45. The number of hydrogen-bond acceptors (Lipinski definition) is 4. The zero-order chi connectivity index (χ0) is 18.8. The molecule has 3 aromatic rings. The van der Waals surface area contributed by atoms with Crippen molar-refractivity contribution in [3.05, 3.63) is 58.6 Å². The number of rotatable bonds is 3. The third kappa shape index (κ3) is 3.15. The molecule has 2 heterocycles. The Morgan fingerprint density at radius 3 is 2.88 bits per heavy atom. The summed E-state index contributed by atoms with van der Waals surface area (Å²) in [6.45, 7) is 3.06. The maximum absolute atomic E-state index is 14.3. The lowest BCUT2D eigenvalue weighted by atomic mass is 10.1. The maximum atomic E-state index is 14.3. The van der Waals surface area contributed by atoms with E-state index in [9.17, 15) is 13.6 Å². The molecule has 8 heteroatoms. The van der Waals surface area contributed by atoms with E-state index in [1.54, 1.807) is 25.1 Å². The van der Waals surface area contributed by atoms with Gasteiger partial charge in [0.05, 0.1) is 23.1 Å². The quantitative estimate of drug-likeness (QED) is 0.704. The number of nitrogens with zero attached hydrogens (tertiary/aromatic N) is 3. The van der Waals surface area contributed by atoms with Crippen molar-refractivity contribution in [3.63, 3.8) is 0 Å². The predicted molar refractivity (Wildman–Crippen MR) is 92.2 cm³/mol. The highest BCUT2D eigenvalue weighted by Gasteiger charge is 2.15. The first-order chi connectivity index (χ1) is 12.4. The van der Waals surface area contributed by atoms with Crippen LogP contribution in [0.5, 0.6) is 0 Å². The average molecular weight is 353 g/mol. The predicted octanol–water partition coefficient (Wildman–Crippen LogP) is 3.53. The van der Waals surface area contributed by atoms with Gasteiger partial charge in [-0.2, -0.15) is 10.4 Å². The van der Waals surface area contributed by atoms with Crippen LogP contribution < -0.4 is 5.32 Å². The first-order valence-electron chi connectivity index (χ1n) is 7.59. The van der Waals surface area contributed by atoms with Crippen molar-refractivity contribution in [2.45, 2.75) is 13.8 Å². The number of pyridine rings is 1. The topological polar surface area (TPSA) is 94.5 Å². The molecule has 0 saturated heterocycles. The number of nitriles is 1. The normalized spacial score (nSPS) is 11.4. The maximum Gasteiger partial charge on any atom is 0.284 e. The minimum Gasteiger partial charge on any atom is -0.318 e. The number of aromatic amines is 1. The zero-order valence-corrected chi connectivity index (χ0v) is 13.9. The monoisotopic (exact) mass is 353 g/mol. The number of nitrogens with one attached hydrogen (secondary N) is 2. The van der Waals surface area contributed by atoms with Crippen molar-refractivity contribution in [1.82, 2.24) is 15.2 Å². The van der Waals surface area contributed by atoms with Gasteiger partial charge in [0.15, 0.2) is 11.5 Å². The van der Waals surface area contributed by atoms with E-state index in [4.69, 9.17) is 5.26 Å². The highest BCUT2D eigenvalue weighted by Crippen LogP contribution is 2.22. The molecule has 0 fully saturated rings. The van der Waals surface area contributed by atoms with Gasteiger partial charge in [0, 0.05) is 10.9 Å². The van der Waals surface area contributed by atoms with E-state index in [1.807, 2.05) is 6.07 Å². The molecule has 2 N–H and O–H groups in total. The van der Waals surface area contributed by atoms with Crippen LogP contribution in [0.25, 0.3) is 17.0 Å². The van der Waals surface area contributed by atoms with Gasteiger partial charge in [0.1, 0.15) is 11.9 Å². The number of aromatic nitrogens is 3. The fourth-order valence-corrected chi connectivity index (χ4v) is 2.49. The fourth-order valence-electron chi connectivity index (χ4n) is 2.49. The number of H-pyrrole nitrogens is 1. The van der Waals surface area contributed by atoms with Crippen LogP contribution in [0.3, 0.4) is 0 Å². The van der Waals surface area contributed by atoms with Crippen molar-refractivity contribution in [2.24, 2.45) is 0 Å². The van der Waals surface area contributed by atoms with E-state index in [0.717, 1.165) is 12.3 Å². The number of carbonyl (C=O) groups is 1. The summed E-state index contributed by atoms with van der Waals surface area (Å²) in [5.41, 5.74) is 1.89. The van der Waals surface area contributed by atoms with Gasteiger partial charge in [0.2, 0.25) is 0 Å². The molecule has 1 aromatic carbocycles. The summed E-state index contributed by atoms with van der Waals surface area (Å²) in [6, 6.07) is 6.68. The molecule has 6 nitrogen and oxygen atoms in total. The number of fused-ring (bicyclic) bond motifs is 1. The molecule has 0 aliphatic carbocycles. The number of amides is 1. The Hall–Kier alpha value is -3.60. The number of hydrogen-bond donors (Lipinski definition) is 2. The van der Waals surface area contributed by atoms with E-state index >= 15 is 0 Å². The molecule has 0 aliphatic rings. The first-order valence-corrected chi connectivity index (χ1v) is 7.59. The standard InChI is InChI=1S/C18H13F2N5O/c1-9-14(20)8-22-10(2)17(9)23-18(26)13(19)5-11-3-4-12-15(6-11)24-25-16(12)7-21/h3-6,8H,1-2H3,(H,23,26)(H,24,25)/b13-5-. The van der Waals surface area contributed by atoms with Crippen LogP contribution in [0.2, 0.25) is 0 Å². The Morgan fingerprint density at radius 1 is 1.38 bits per heavy atom. The summed E-state index contributed by atoms with van der Waals surface area (Å²) in [4.78, 5) is 15.9. The van der Waals surface area contributed by atoms with E-state index in [0.29, 0.717) is 22.2 Å². The summed E-state index contributed by atoms with van der Waals surface area (Å²) in [5, 5.41) is 18.4. The van der Waals surface area contributed by atoms with E-state index < -0.39 is 17.6 Å². The molecule has 0 saturated carbocycles. The largest absolute Gasteiger partial charge is 0.318 e. The van der Waals surface area contributed by atoms with Crippen molar-refractivity contribution in [2.75, 3.05) is 5.32 Å². The summed E-state index contributed by atoms with van der Waals surface area (Å²) in [6.07, 6.45) is 2.08. The third-order valence-electron chi connectivity index (χ3n) is 3.91.